The molecule has 4 rings (SSSR count). The first-order valence-electron chi connectivity index (χ1n) is 11.8. The second-order valence-corrected chi connectivity index (χ2v) is 10.7. The van der Waals surface area contributed by atoms with Crippen LogP contribution in [0.1, 0.15) is 37.7 Å². The molecule has 0 fully saturated rings. The van der Waals surface area contributed by atoms with Gasteiger partial charge in [0, 0.05) is 24.0 Å². The Morgan fingerprint density at radius 1 is 1.06 bits per heavy atom. The van der Waals surface area contributed by atoms with E-state index in [0.29, 0.717) is 30.8 Å². The van der Waals surface area contributed by atoms with Gasteiger partial charge in [0.1, 0.15) is 10.7 Å². The number of ether oxygens (including phenoxy) is 1. The van der Waals surface area contributed by atoms with Crippen LogP contribution in [0.3, 0.4) is 0 Å². The SMILES string of the molecule is Cc1ccccc1-c1csc2nc(CN(Cc3ccccc3)C[C@H](O)COC(C)(C)C)[nH]c(=O)c12. The lowest BCUT2D eigenvalue weighted by Gasteiger charge is -2.27. The average Bonchev–Trinajstić information content (AvgIpc) is 3.22. The van der Waals surface area contributed by atoms with E-state index >= 15 is 0 Å². The van der Waals surface area contributed by atoms with Crippen molar-refractivity contribution in [2.45, 2.75) is 52.5 Å². The molecule has 1 atom stereocenters. The number of hydrogen-bond acceptors (Lipinski definition) is 6. The first kappa shape index (κ1) is 25.3. The van der Waals surface area contributed by atoms with Crippen molar-refractivity contribution in [3.05, 3.63) is 87.3 Å². The molecule has 0 radical (unpaired) electrons. The molecule has 0 aliphatic rings. The van der Waals surface area contributed by atoms with Crippen LogP contribution in [-0.2, 0) is 17.8 Å². The largest absolute Gasteiger partial charge is 0.389 e. The van der Waals surface area contributed by atoms with Gasteiger partial charge in [-0.15, -0.1) is 11.3 Å². The number of H-pyrrole nitrogens is 1. The van der Waals surface area contributed by atoms with E-state index in [1.807, 2.05) is 75.5 Å². The Kier molecular flexibility index (Phi) is 7.82. The number of aromatic amines is 1. The number of nitrogens with zero attached hydrogens (tertiary/aromatic N) is 2. The summed E-state index contributed by atoms with van der Waals surface area (Å²) in [6.07, 6.45) is -0.664. The summed E-state index contributed by atoms with van der Waals surface area (Å²) in [5.41, 5.74) is 3.75. The second-order valence-electron chi connectivity index (χ2n) is 9.89. The minimum absolute atomic E-state index is 0.138. The number of aliphatic hydroxyl groups excluding tert-OH is 1. The molecule has 4 aromatic rings. The zero-order valence-electron chi connectivity index (χ0n) is 20.7. The van der Waals surface area contributed by atoms with Gasteiger partial charge in [-0.1, -0.05) is 54.6 Å². The molecule has 0 unspecified atom stereocenters. The Morgan fingerprint density at radius 2 is 1.77 bits per heavy atom. The van der Waals surface area contributed by atoms with Crippen molar-refractivity contribution >= 4 is 21.6 Å². The molecule has 0 bridgehead atoms. The Labute approximate surface area is 210 Å². The average molecular weight is 492 g/mol. The Morgan fingerprint density at radius 3 is 2.49 bits per heavy atom. The highest BCUT2D eigenvalue weighted by molar-refractivity contribution is 7.17. The number of aliphatic hydroxyl groups is 1. The standard InChI is InChI=1S/C28H33N3O3S/c1-19-10-8-9-13-22(19)23-18-35-27-25(23)26(33)29-24(30-27)16-31(14-20-11-6-5-7-12-20)15-21(32)17-34-28(2,3)4/h5-13,18,21,32H,14-17H2,1-4H3,(H,29,30,33)/t21-/m0/s1. The fraction of sp³-hybridized carbons (Fsp3) is 0.357. The Bertz CT molecular complexity index is 1320. The molecule has 6 nitrogen and oxygen atoms in total. The van der Waals surface area contributed by atoms with E-state index in [0.717, 1.165) is 27.1 Å². The van der Waals surface area contributed by atoms with Crippen molar-refractivity contribution < 1.29 is 9.84 Å². The van der Waals surface area contributed by atoms with Gasteiger partial charge >= 0.3 is 0 Å². The monoisotopic (exact) mass is 491 g/mol. The molecule has 0 aliphatic carbocycles. The second kappa shape index (κ2) is 10.8. The van der Waals surface area contributed by atoms with Gasteiger partial charge in [0.25, 0.3) is 5.56 Å². The maximum atomic E-state index is 13.2. The molecule has 2 aromatic heterocycles. The lowest BCUT2D eigenvalue weighted by molar-refractivity contribution is -0.0574. The lowest BCUT2D eigenvalue weighted by Crippen LogP contribution is -2.37. The molecule has 0 amide bonds. The van der Waals surface area contributed by atoms with Crippen molar-refractivity contribution in [1.29, 1.82) is 0 Å². The van der Waals surface area contributed by atoms with E-state index in [1.165, 1.54) is 11.3 Å². The number of nitrogens with one attached hydrogen (secondary N) is 1. The summed E-state index contributed by atoms with van der Waals surface area (Å²) in [6.45, 7) is 9.62. The molecule has 0 aliphatic heterocycles. The molecule has 0 saturated heterocycles. The normalized spacial score (nSPS) is 13.0. The Hall–Kier alpha value is -2.84. The first-order chi connectivity index (χ1) is 16.7. The fourth-order valence-electron chi connectivity index (χ4n) is 4.08. The summed E-state index contributed by atoms with van der Waals surface area (Å²) in [4.78, 5) is 23.8. The van der Waals surface area contributed by atoms with Gasteiger partial charge in [0.05, 0.1) is 30.2 Å². The van der Waals surface area contributed by atoms with Crippen LogP contribution in [0.25, 0.3) is 21.3 Å². The highest BCUT2D eigenvalue weighted by atomic mass is 32.1. The highest BCUT2D eigenvalue weighted by Gasteiger charge is 2.19. The third-order valence-corrected chi connectivity index (χ3v) is 6.60. The fourth-order valence-corrected chi connectivity index (χ4v) is 5.03. The van der Waals surface area contributed by atoms with Crippen LogP contribution < -0.4 is 5.56 Å². The van der Waals surface area contributed by atoms with E-state index in [9.17, 15) is 9.90 Å². The van der Waals surface area contributed by atoms with Crippen LogP contribution in [-0.4, -0.2) is 44.8 Å². The summed E-state index contributed by atoms with van der Waals surface area (Å²) < 4.78 is 5.78. The number of aromatic nitrogens is 2. The number of thiophene rings is 1. The number of aryl methyl sites for hydroxylation is 1. The molecule has 2 aromatic carbocycles. The third kappa shape index (κ3) is 6.64. The molecule has 184 valence electrons. The minimum atomic E-state index is -0.664. The van der Waals surface area contributed by atoms with Gasteiger partial charge in [-0.3, -0.25) is 9.69 Å². The molecular formula is C28H33N3O3S. The van der Waals surface area contributed by atoms with Crippen LogP contribution in [0, 0.1) is 6.92 Å². The molecule has 35 heavy (non-hydrogen) atoms. The van der Waals surface area contributed by atoms with E-state index < -0.39 is 6.10 Å². The van der Waals surface area contributed by atoms with E-state index in [2.05, 4.69) is 22.0 Å². The van der Waals surface area contributed by atoms with Crippen molar-refractivity contribution in [2.75, 3.05) is 13.2 Å². The first-order valence-corrected chi connectivity index (χ1v) is 12.7. The summed E-state index contributed by atoms with van der Waals surface area (Å²) >= 11 is 1.48. The van der Waals surface area contributed by atoms with Crippen LogP contribution in [0.15, 0.2) is 64.8 Å². The Balaban J connectivity index is 1.59. The van der Waals surface area contributed by atoms with E-state index in [-0.39, 0.29) is 17.8 Å². The molecule has 7 heteroatoms. The van der Waals surface area contributed by atoms with E-state index in [4.69, 9.17) is 9.72 Å². The highest BCUT2D eigenvalue weighted by Crippen LogP contribution is 2.32. The zero-order chi connectivity index (χ0) is 25.0. The summed E-state index contributed by atoms with van der Waals surface area (Å²) in [6, 6.07) is 18.1. The topological polar surface area (TPSA) is 78.5 Å². The van der Waals surface area contributed by atoms with Crippen LogP contribution in [0.2, 0.25) is 0 Å². The smallest absolute Gasteiger partial charge is 0.260 e. The summed E-state index contributed by atoms with van der Waals surface area (Å²) in [7, 11) is 0. The lowest BCUT2D eigenvalue weighted by atomic mass is 10.0. The van der Waals surface area contributed by atoms with Gasteiger partial charge in [-0.05, 0) is 44.4 Å². The summed E-state index contributed by atoms with van der Waals surface area (Å²) in [5, 5.41) is 13.3. The van der Waals surface area contributed by atoms with Crippen LogP contribution >= 0.6 is 11.3 Å². The number of hydrogen-bond donors (Lipinski definition) is 2. The van der Waals surface area contributed by atoms with Crippen molar-refractivity contribution in [1.82, 2.24) is 14.9 Å². The minimum Gasteiger partial charge on any atom is -0.389 e. The van der Waals surface area contributed by atoms with Crippen molar-refractivity contribution in [3.63, 3.8) is 0 Å². The molecule has 2 N–H and O–H groups in total. The maximum Gasteiger partial charge on any atom is 0.260 e. The molecule has 2 heterocycles. The number of fused-ring (bicyclic) bond motifs is 1. The van der Waals surface area contributed by atoms with Crippen LogP contribution in [0.4, 0.5) is 0 Å². The predicted octanol–water partition coefficient (Wildman–Crippen LogP) is 5.14. The van der Waals surface area contributed by atoms with Gasteiger partial charge in [-0.2, -0.15) is 0 Å². The quantitative estimate of drug-likeness (QED) is 0.339. The zero-order valence-corrected chi connectivity index (χ0v) is 21.6. The van der Waals surface area contributed by atoms with Crippen molar-refractivity contribution in [2.24, 2.45) is 0 Å². The predicted molar refractivity (Wildman–Crippen MR) is 143 cm³/mol. The van der Waals surface area contributed by atoms with Gasteiger partial charge in [0.15, 0.2) is 0 Å². The van der Waals surface area contributed by atoms with Gasteiger partial charge in [-0.25, -0.2) is 4.98 Å². The third-order valence-electron chi connectivity index (χ3n) is 5.73. The number of benzene rings is 2. The van der Waals surface area contributed by atoms with E-state index in [1.54, 1.807) is 0 Å². The van der Waals surface area contributed by atoms with Crippen molar-refractivity contribution in [3.8, 4) is 11.1 Å². The van der Waals surface area contributed by atoms with Gasteiger partial charge < -0.3 is 14.8 Å². The molecule has 0 spiro atoms. The van der Waals surface area contributed by atoms with Gasteiger partial charge in [0.2, 0.25) is 0 Å². The molecule has 0 saturated carbocycles. The summed E-state index contributed by atoms with van der Waals surface area (Å²) in [5.74, 6) is 0.584. The maximum absolute atomic E-state index is 13.2. The van der Waals surface area contributed by atoms with Crippen LogP contribution in [0.5, 0.6) is 0 Å². The number of rotatable bonds is 9. The molecular weight excluding hydrogens is 458 g/mol.